The van der Waals surface area contributed by atoms with Crippen molar-refractivity contribution < 1.29 is 28.7 Å². The number of aryl methyl sites for hydroxylation is 1. The molecule has 27 heavy (non-hydrogen) atoms. The minimum atomic E-state index is -1.07. The van der Waals surface area contributed by atoms with E-state index in [-0.39, 0.29) is 13.2 Å². The minimum Gasteiger partial charge on any atom is -0.450 e. The summed E-state index contributed by atoms with van der Waals surface area (Å²) in [5.41, 5.74) is 0.759. The molecule has 0 aliphatic rings. The molecule has 0 saturated carbocycles. The summed E-state index contributed by atoms with van der Waals surface area (Å²) >= 11 is 5.92. The number of alkyl carbamates (subject to hydrolysis) is 2. The van der Waals surface area contributed by atoms with E-state index >= 15 is 0 Å². The average Bonchev–Trinajstić information content (AvgIpc) is 2.58. The van der Waals surface area contributed by atoms with Gasteiger partial charge in [0.1, 0.15) is 5.57 Å². The molecule has 0 aliphatic heterocycles. The van der Waals surface area contributed by atoms with E-state index in [1.807, 2.05) is 10.6 Å². The van der Waals surface area contributed by atoms with Crippen molar-refractivity contribution in [1.82, 2.24) is 10.6 Å². The third kappa shape index (κ3) is 7.37. The summed E-state index contributed by atoms with van der Waals surface area (Å²) in [7, 11) is 0. The Morgan fingerprint density at radius 1 is 1.00 bits per heavy atom. The van der Waals surface area contributed by atoms with E-state index in [9.17, 15) is 19.2 Å². The topological polar surface area (TPSA) is 123 Å². The zero-order chi connectivity index (χ0) is 20.4. The largest absolute Gasteiger partial charge is 0.450 e. The molecule has 146 valence electrons. The molecule has 1 rings (SSSR count). The quantitative estimate of drug-likeness (QED) is 0.383. The number of imide groups is 2. The van der Waals surface area contributed by atoms with Crippen molar-refractivity contribution in [2.45, 2.75) is 20.8 Å². The average molecular weight is 398 g/mol. The fourth-order valence-electron chi connectivity index (χ4n) is 1.79. The van der Waals surface area contributed by atoms with E-state index in [0.717, 1.165) is 11.8 Å². The molecule has 0 aliphatic carbocycles. The van der Waals surface area contributed by atoms with Gasteiger partial charge in [-0.2, -0.15) is 0 Å². The van der Waals surface area contributed by atoms with E-state index < -0.39 is 29.6 Å². The van der Waals surface area contributed by atoms with Gasteiger partial charge in [-0.05, 0) is 38.5 Å². The van der Waals surface area contributed by atoms with Crippen LogP contribution in [0.1, 0.15) is 19.4 Å². The van der Waals surface area contributed by atoms with Crippen LogP contribution in [0.4, 0.5) is 15.3 Å². The van der Waals surface area contributed by atoms with Crippen molar-refractivity contribution in [3.8, 4) is 0 Å². The van der Waals surface area contributed by atoms with E-state index in [1.165, 1.54) is 0 Å². The molecule has 0 atom stereocenters. The lowest BCUT2D eigenvalue weighted by Crippen LogP contribution is -2.40. The number of hydrogen-bond donors (Lipinski definition) is 3. The summed E-state index contributed by atoms with van der Waals surface area (Å²) in [6, 6.07) is 4.99. The van der Waals surface area contributed by atoms with Gasteiger partial charge in [-0.1, -0.05) is 17.7 Å². The summed E-state index contributed by atoms with van der Waals surface area (Å²) in [6.07, 6.45) is -1.02. The predicted molar refractivity (Wildman–Crippen MR) is 98.2 cm³/mol. The van der Waals surface area contributed by atoms with Gasteiger partial charge in [-0.25, -0.2) is 9.59 Å². The van der Waals surface area contributed by atoms with Gasteiger partial charge in [-0.15, -0.1) is 0 Å². The normalized spacial score (nSPS) is 9.63. The molecule has 4 amide bonds. The summed E-state index contributed by atoms with van der Waals surface area (Å²) < 4.78 is 9.20. The molecule has 9 nitrogen and oxygen atoms in total. The highest BCUT2D eigenvalue weighted by Gasteiger charge is 2.23. The first-order valence-corrected chi connectivity index (χ1v) is 8.35. The van der Waals surface area contributed by atoms with E-state index in [2.05, 4.69) is 14.8 Å². The first-order chi connectivity index (χ1) is 12.8. The van der Waals surface area contributed by atoms with E-state index in [0.29, 0.717) is 10.7 Å². The molecule has 1 aromatic carbocycles. The molecule has 0 aromatic heterocycles. The predicted octanol–water partition coefficient (Wildman–Crippen LogP) is 2.49. The van der Waals surface area contributed by atoms with Gasteiger partial charge in [-0.3, -0.25) is 20.2 Å². The number of nitrogens with one attached hydrogen (secondary N) is 3. The van der Waals surface area contributed by atoms with Crippen LogP contribution >= 0.6 is 11.6 Å². The highest BCUT2D eigenvalue weighted by Crippen LogP contribution is 2.20. The van der Waals surface area contributed by atoms with Crippen molar-refractivity contribution in [2.24, 2.45) is 0 Å². The molecule has 0 fully saturated rings. The highest BCUT2D eigenvalue weighted by molar-refractivity contribution is 6.31. The maximum atomic E-state index is 12.2. The third-order valence-corrected chi connectivity index (χ3v) is 3.28. The second kappa shape index (κ2) is 10.8. The van der Waals surface area contributed by atoms with Gasteiger partial charge in [0, 0.05) is 16.9 Å². The second-order valence-corrected chi connectivity index (χ2v) is 5.45. The number of anilines is 1. The SMILES string of the molecule is CCOC(=O)NC(=O)C(=CNc1cc(Cl)ccc1C)C(=O)NC(=O)OCC. The fraction of sp³-hybridized carbons (Fsp3) is 0.294. The van der Waals surface area contributed by atoms with Crippen molar-refractivity contribution in [3.05, 3.63) is 40.6 Å². The standard InChI is InChI=1S/C17H20ClN3O6/c1-4-26-16(24)20-14(22)12(15(23)21-17(25)27-5-2)9-19-13-8-11(18)7-6-10(13)3/h6-9,19H,4-5H2,1-3H3,(H,20,22,24)(H,21,23,25). The molecule has 10 heteroatoms. The highest BCUT2D eigenvalue weighted by atomic mass is 35.5. The lowest BCUT2D eigenvalue weighted by molar-refractivity contribution is -0.122. The summed E-state index contributed by atoms with van der Waals surface area (Å²) in [6.45, 7) is 4.96. The van der Waals surface area contributed by atoms with Crippen LogP contribution in [0.2, 0.25) is 5.02 Å². The Morgan fingerprint density at radius 3 is 2.00 bits per heavy atom. The summed E-state index contributed by atoms with van der Waals surface area (Å²) in [5, 5.41) is 6.95. The Morgan fingerprint density at radius 2 is 1.52 bits per heavy atom. The van der Waals surface area contributed by atoms with Gasteiger partial charge in [0.05, 0.1) is 13.2 Å². The van der Waals surface area contributed by atoms with Gasteiger partial charge in [0.25, 0.3) is 11.8 Å². The van der Waals surface area contributed by atoms with E-state index in [4.69, 9.17) is 11.6 Å². The lowest BCUT2D eigenvalue weighted by atomic mass is 10.2. The molecule has 0 unspecified atom stereocenters. The summed E-state index contributed by atoms with van der Waals surface area (Å²) in [4.78, 5) is 47.3. The summed E-state index contributed by atoms with van der Waals surface area (Å²) in [5.74, 6) is -2.13. The number of benzene rings is 1. The Bertz CT molecular complexity index is 729. The molecule has 1 aromatic rings. The van der Waals surface area contributed by atoms with Crippen LogP contribution in [0.5, 0.6) is 0 Å². The van der Waals surface area contributed by atoms with Crippen molar-refractivity contribution in [3.63, 3.8) is 0 Å². The van der Waals surface area contributed by atoms with Crippen LogP contribution in [0.3, 0.4) is 0 Å². The van der Waals surface area contributed by atoms with Crippen LogP contribution in [0.25, 0.3) is 0 Å². The Balaban J connectivity index is 3.06. The number of halogens is 1. The first-order valence-electron chi connectivity index (χ1n) is 7.97. The number of hydrogen-bond acceptors (Lipinski definition) is 7. The van der Waals surface area contributed by atoms with Crippen LogP contribution in [0.15, 0.2) is 30.0 Å². The number of rotatable bonds is 6. The van der Waals surface area contributed by atoms with Gasteiger partial charge in [0.2, 0.25) is 0 Å². The minimum absolute atomic E-state index is 0.0349. The monoisotopic (exact) mass is 397 g/mol. The fourth-order valence-corrected chi connectivity index (χ4v) is 1.96. The molecule has 3 N–H and O–H groups in total. The zero-order valence-corrected chi connectivity index (χ0v) is 15.8. The Hall–Kier alpha value is -3.07. The Labute approximate surface area is 161 Å². The first kappa shape index (κ1) is 22.0. The molecule has 0 saturated heterocycles. The van der Waals surface area contributed by atoms with Crippen LogP contribution in [0, 0.1) is 6.92 Å². The lowest BCUT2D eigenvalue weighted by Gasteiger charge is -2.11. The van der Waals surface area contributed by atoms with Gasteiger partial charge < -0.3 is 14.8 Å². The molecule has 0 radical (unpaired) electrons. The van der Waals surface area contributed by atoms with Gasteiger partial charge >= 0.3 is 12.2 Å². The molecule has 0 heterocycles. The number of carbonyl (C=O) groups excluding carboxylic acids is 4. The zero-order valence-electron chi connectivity index (χ0n) is 15.1. The number of amides is 4. The third-order valence-electron chi connectivity index (χ3n) is 3.04. The molecular weight excluding hydrogens is 378 g/mol. The Kier molecular flexibility index (Phi) is 8.80. The maximum Gasteiger partial charge on any atom is 0.414 e. The number of ether oxygens (including phenoxy) is 2. The smallest absolute Gasteiger partial charge is 0.414 e. The number of carbonyl (C=O) groups is 4. The van der Waals surface area contributed by atoms with Crippen LogP contribution in [-0.4, -0.2) is 37.2 Å². The molecular formula is C17H20ClN3O6. The molecule has 0 spiro atoms. The van der Waals surface area contributed by atoms with Crippen molar-refractivity contribution >= 4 is 41.3 Å². The van der Waals surface area contributed by atoms with Crippen molar-refractivity contribution in [1.29, 1.82) is 0 Å². The van der Waals surface area contributed by atoms with Crippen molar-refractivity contribution in [2.75, 3.05) is 18.5 Å². The van der Waals surface area contributed by atoms with Gasteiger partial charge in [0.15, 0.2) is 0 Å². The van der Waals surface area contributed by atoms with E-state index in [1.54, 1.807) is 39.0 Å². The maximum absolute atomic E-state index is 12.2. The molecule has 0 bridgehead atoms. The van der Waals surface area contributed by atoms with Crippen LogP contribution in [-0.2, 0) is 19.1 Å². The van der Waals surface area contributed by atoms with Crippen LogP contribution < -0.4 is 16.0 Å². The second-order valence-electron chi connectivity index (χ2n) is 5.01.